The predicted octanol–water partition coefficient (Wildman–Crippen LogP) is 4.75. The zero-order chi connectivity index (χ0) is 16.8. The molecule has 3 aromatic rings. The van der Waals surface area contributed by atoms with Crippen LogP contribution < -0.4 is 9.47 Å². The molecule has 2 aliphatic heterocycles. The van der Waals surface area contributed by atoms with Gasteiger partial charge in [-0.1, -0.05) is 42.5 Å². The molecule has 0 aliphatic carbocycles. The molecule has 3 nitrogen and oxygen atoms in total. The summed E-state index contributed by atoms with van der Waals surface area (Å²) >= 11 is 0. The predicted molar refractivity (Wildman–Crippen MR) is 99.1 cm³/mol. The first-order chi connectivity index (χ1) is 12.3. The molecule has 126 valence electrons. The van der Waals surface area contributed by atoms with Gasteiger partial charge in [-0.05, 0) is 47.4 Å². The largest absolute Gasteiger partial charge is 0.497 e. The molecule has 0 bridgehead atoms. The fourth-order valence-electron chi connectivity index (χ4n) is 4.30. The van der Waals surface area contributed by atoms with Crippen molar-refractivity contribution in [3.05, 3.63) is 71.8 Å². The molecule has 0 N–H and O–H groups in total. The maximum Gasteiger partial charge on any atom is 0.153 e. The van der Waals surface area contributed by atoms with E-state index in [1.807, 2.05) is 0 Å². The van der Waals surface area contributed by atoms with Gasteiger partial charge >= 0.3 is 0 Å². The van der Waals surface area contributed by atoms with Crippen molar-refractivity contribution >= 4 is 10.8 Å². The second-order valence-electron chi connectivity index (χ2n) is 6.83. The lowest BCUT2D eigenvalue weighted by Crippen LogP contribution is -2.41. The third kappa shape index (κ3) is 2.30. The third-order valence-electron chi connectivity index (χ3n) is 5.47. The second-order valence-corrected chi connectivity index (χ2v) is 6.83. The molecule has 0 radical (unpaired) electrons. The molecule has 25 heavy (non-hydrogen) atoms. The van der Waals surface area contributed by atoms with Crippen LogP contribution in [0.25, 0.3) is 10.8 Å². The molecule has 3 heteroatoms. The summed E-state index contributed by atoms with van der Waals surface area (Å²) in [6.45, 7) is 1.07. The van der Waals surface area contributed by atoms with Gasteiger partial charge in [0.2, 0.25) is 0 Å². The Morgan fingerprint density at radius 2 is 1.84 bits per heavy atom. The zero-order valence-electron chi connectivity index (χ0n) is 14.3. The molecule has 0 saturated carbocycles. The summed E-state index contributed by atoms with van der Waals surface area (Å²) in [4.78, 5) is 2.51. The summed E-state index contributed by atoms with van der Waals surface area (Å²) in [5, 5.41) is 2.55. The summed E-state index contributed by atoms with van der Waals surface area (Å²) in [7, 11) is 1.71. The Bertz CT molecular complexity index is 919. The van der Waals surface area contributed by atoms with Crippen LogP contribution in [0, 0.1) is 0 Å². The minimum atomic E-state index is 0.181. The Balaban J connectivity index is 1.73. The molecule has 0 aromatic heterocycles. The number of hydrogen-bond donors (Lipinski definition) is 0. The summed E-state index contributed by atoms with van der Waals surface area (Å²) < 4.78 is 11.7. The van der Waals surface area contributed by atoms with Crippen molar-refractivity contribution in [1.82, 2.24) is 4.90 Å². The Labute approximate surface area is 147 Å². The average molecular weight is 331 g/mol. The monoisotopic (exact) mass is 331 g/mol. The molecule has 1 fully saturated rings. The highest BCUT2D eigenvalue weighted by Gasteiger charge is 2.40. The van der Waals surface area contributed by atoms with Crippen LogP contribution in [0.5, 0.6) is 11.5 Å². The number of benzene rings is 3. The summed E-state index contributed by atoms with van der Waals surface area (Å²) in [6, 6.07) is 21.6. The first-order valence-electron chi connectivity index (χ1n) is 8.93. The van der Waals surface area contributed by atoms with E-state index in [0.717, 1.165) is 24.5 Å². The fourth-order valence-corrected chi connectivity index (χ4v) is 4.30. The fraction of sp³-hybridized carbons (Fsp3) is 0.273. The molecular formula is C22H21NO2. The van der Waals surface area contributed by atoms with Crippen molar-refractivity contribution in [3.63, 3.8) is 0 Å². The lowest BCUT2D eigenvalue weighted by Gasteiger charge is -2.40. The SMILES string of the molecule is COc1ccc([C@H]2c3c(ccc4ccccc34)O[C@@H]3CCCN23)cc1. The second kappa shape index (κ2) is 5.78. The van der Waals surface area contributed by atoms with E-state index in [9.17, 15) is 0 Å². The lowest BCUT2D eigenvalue weighted by atomic mass is 9.90. The van der Waals surface area contributed by atoms with Crippen LogP contribution in [0.15, 0.2) is 60.7 Å². The highest BCUT2D eigenvalue weighted by atomic mass is 16.5. The molecule has 2 aliphatic rings. The molecule has 1 saturated heterocycles. The lowest BCUT2D eigenvalue weighted by molar-refractivity contribution is 0.0176. The average Bonchev–Trinajstić information content (AvgIpc) is 3.14. The van der Waals surface area contributed by atoms with Gasteiger partial charge in [-0.3, -0.25) is 4.90 Å². The van der Waals surface area contributed by atoms with E-state index in [1.165, 1.54) is 28.3 Å². The van der Waals surface area contributed by atoms with Crippen molar-refractivity contribution in [2.75, 3.05) is 13.7 Å². The summed E-state index contributed by atoms with van der Waals surface area (Å²) in [5.74, 6) is 1.93. The summed E-state index contributed by atoms with van der Waals surface area (Å²) in [5.41, 5.74) is 2.59. The van der Waals surface area contributed by atoms with Crippen LogP contribution in [-0.4, -0.2) is 24.8 Å². The highest BCUT2D eigenvalue weighted by Crippen LogP contribution is 2.47. The van der Waals surface area contributed by atoms with Gasteiger partial charge < -0.3 is 9.47 Å². The normalized spacial score (nSPS) is 22.3. The van der Waals surface area contributed by atoms with Crippen LogP contribution in [0.1, 0.15) is 30.0 Å². The van der Waals surface area contributed by atoms with Crippen molar-refractivity contribution in [2.24, 2.45) is 0 Å². The van der Waals surface area contributed by atoms with Crippen molar-refractivity contribution in [2.45, 2.75) is 25.1 Å². The number of ether oxygens (including phenoxy) is 2. The Morgan fingerprint density at radius 1 is 1.00 bits per heavy atom. The van der Waals surface area contributed by atoms with Crippen molar-refractivity contribution in [1.29, 1.82) is 0 Å². The van der Waals surface area contributed by atoms with E-state index < -0.39 is 0 Å². The number of methoxy groups -OCH3 is 1. The minimum Gasteiger partial charge on any atom is -0.497 e. The molecule has 0 unspecified atom stereocenters. The maximum atomic E-state index is 6.36. The van der Waals surface area contributed by atoms with Gasteiger partial charge in [-0.25, -0.2) is 0 Å². The molecule has 2 atom stereocenters. The van der Waals surface area contributed by atoms with Gasteiger partial charge in [0.15, 0.2) is 6.23 Å². The van der Waals surface area contributed by atoms with Crippen molar-refractivity contribution in [3.8, 4) is 11.5 Å². The Morgan fingerprint density at radius 3 is 2.68 bits per heavy atom. The van der Waals surface area contributed by atoms with E-state index in [2.05, 4.69) is 65.6 Å². The number of nitrogens with zero attached hydrogens (tertiary/aromatic N) is 1. The molecule has 3 aromatic carbocycles. The Hall–Kier alpha value is -2.52. The van der Waals surface area contributed by atoms with Gasteiger partial charge in [-0.2, -0.15) is 0 Å². The van der Waals surface area contributed by atoms with Gasteiger partial charge in [0.1, 0.15) is 11.5 Å². The molecule has 0 spiro atoms. The van der Waals surface area contributed by atoms with E-state index in [1.54, 1.807) is 7.11 Å². The topological polar surface area (TPSA) is 21.7 Å². The molecule has 5 rings (SSSR count). The number of fused-ring (bicyclic) bond motifs is 4. The van der Waals surface area contributed by atoms with Crippen LogP contribution in [-0.2, 0) is 0 Å². The first-order valence-corrected chi connectivity index (χ1v) is 8.93. The van der Waals surface area contributed by atoms with E-state index >= 15 is 0 Å². The van der Waals surface area contributed by atoms with Gasteiger partial charge in [0.05, 0.1) is 13.2 Å². The standard InChI is InChI=1S/C22H21NO2/c1-24-17-11-8-16(9-12-17)22-21-18-6-3-2-5-15(18)10-13-19(21)25-20-7-4-14-23(20)22/h2-3,5-6,8-13,20,22H,4,7,14H2,1H3/t20-,22+/m1/s1. The van der Waals surface area contributed by atoms with Crippen molar-refractivity contribution < 1.29 is 9.47 Å². The van der Waals surface area contributed by atoms with Crippen LogP contribution in [0.2, 0.25) is 0 Å². The molecular weight excluding hydrogens is 310 g/mol. The zero-order valence-corrected chi connectivity index (χ0v) is 14.3. The minimum absolute atomic E-state index is 0.181. The van der Waals surface area contributed by atoms with E-state index in [0.29, 0.717) is 0 Å². The smallest absolute Gasteiger partial charge is 0.153 e. The first kappa shape index (κ1) is 14.8. The van der Waals surface area contributed by atoms with E-state index in [4.69, 9.17) is 9.47 Å². The van der Waals surface area contributed by atoms with Crippen LogP contribution >= 0.6 is 0 Å². The number of rotatable bonds is 2. The van der Waals surface area contributed by atoms with Crippen LogP contribution in [0.3, 0.4) is 0 Å². The van der Waals surface area contributed by atoms with Gasteiger partial charge in [0, 0.05) is 12.1 Å². The highest BCUT2D eigenvalue weighted by molar-refractivity contribution is 5.89. The van der Waals surface area contributed by atoms with Gasteiger partial charge in [0.25, 0.3) is 0 Å². The third-order valence-corrected chi connectivity index (χ3v) is 5.47. The Kier molecular flexibility index (Phi) is 3.42. The van der Waals surface area contributed by atoms with E-state index in [-0.39, 0.29) is 12.3 Å². The molecule has 2 heterocycles. The van der Waals surface area contributed by atoms with Crippen LogP contribution in [0.4, 0.5) is 0 Å². The number of hydrogen-bond acceptors (Lipinski definition) is 3. The maximum absolute atomic E-state index is 6.36. The quantitative estimate of drug-likeness (QED) is 0.676. The summed E-state index contributed by atoms with van der Waals surface area (Å²) in [6.07, 6.45) is 2.46. The van der Waals surface area contributed by atoms with Gasteiger partial charge in [-0.15, -0.1) is 0 Å². The molecule has 0 amide bonds.